The minimum Gasteiger partial charge on any atom is -0.484 e. The number of amides is 1. The second-order valence-electron chi connectivity index (χ2n) is 7.96. The SMILES string of the molecule is CC(C)(C)c1ccc(OCC(=O)NNC(=S)NCCC[NH+]2CCOCC2)cc1. The second kappa shape index (κ2) is 11.2. The van der Waals surface area contributed by atoms with Crippen molar-refractivity contribution in [2.45, 2.75) is 32.6 Å². The number of morpholine rings is 1. The number of carbonyl (C=O) groups excluding carboxylic acids is 1. The fourth-order valence-electron chi connectivity index (χ4n) is 2.86. The van der Waals surface area contributed by atoms with Gasteiger partial charge in [0, 0.05) is 13.0 Å². The molecule has 28 heavy (non-hydrogen) atoms. The van der Waals surface area contributed by atoms with Crippen LogP contribution in [0, 0.1) is 0 Å². The number of rotatable bonds is 7. The topological polar surface area (TPSA) is 76.1 Å². The molecule has 7 nitrogen and oxygen atoms in total. The van der Waals surface area contributed by atoms with Crippen molar-refractivity contribution >= 4 is 23.2 Å². The van der Waals surface area contributed by atoms with Crippen molar-refractivity contribution in [1.82, 2.24) is 16.2 Å². The highest BCUT2D eigenvalue weighted by molar-refractivity contribution is 7.80. The van der Waals surface area contributed by atoms with Crippen LogP contribution in [-0.4, -0.2) is 57.0 Å². The molecule has 0 aromatic heterocycles. The minimum atomic E-state index is -0.290. The molecule has 0 spiro atoms. The molecule has 8 heteroatoms. The van der Waals surface area contributed by atoms with Gasteiger partial charge in [-0.1, -0.05) is 32.9 Å². The Labute approximate surface area is 173 Å². The molecule has 4 N–H and O–H groups in total. The van der Waals surface area contributed by atoms with Gasteiger partial charge in [-0.15, -0.1) is 0 Å². The number of nitrogens with one attached hydrogen (secondary N) is 4. The highest BCUT2D eigenvalue weighted by Gasteiger charge is 2.14. The van der Waals surface area contributed by atoms with Crippen LogP contribution in [0.1, 0.15) is 32.8 Å². The van der Waals surface area contributed by atoms with Gasteiger partial charge in [0.15, 0.2) is 11.7 Å². The first-order chi connectivity index (χ1) is 13.3. The molecule has 0 unspecified atom stereocenters. The van der Waals surface area contributed by atoms with Gasteiger partial charge in [0.05, 0.1) is 19.8 Å². The van der Waals surface area contributed by atoms with E-state index in [1.54, 1.807) is 4.90 Å². The Hall–Kier alpha value is -1.90. The van der Waals surface area contributed by atoms with E-state index < -0.39 is 0 Å². The van der Waals surface area contributed by atoms with E-state index in [1.165, 1.54) is 5.56 Å². The molecule has 156 valence electrons. The van der Waals surface area contributed by atoms with Gasteiger partial charge in [-0.25, -0.2) is 0 Å². The Balaban J connectivity index is 1.55. The summed E-state index contributed by atoms with van der Waals surface area (Å²) < 4.78 is 10.9. The maximum absolute atomic E-state index is 11.9. The number of thiocarbonyl (C=S) groups is 1. The Bertz CT molecular complexity index is 625. The second-order valence-corrected chi connectivity index (χ2v) is 8.37. The van der Waals surface area contributed by atoms with Crippen LogP contribution < -0.4 is 25.8 Å². The van der Waals surface area contributed by atoms with Crippen LogP contribution in [0.2, 0.25) is 0 Å². The van der Waals surface area contributed by atoms with Crippen LogP contribution in [0.25, 0.3) is 0 Å². The lowest BCUT2D eigenvalue weighted by Crippen LogP contribution is -3.14. The number of ether oxygens (including phenoxy) is 2. The van der Waals surface area contributed by atoms with E-state index in [2.05, 4.69) is 36.9 Å². The van der Waals surface area contributed by atoms with Gasteiger partial charge >= 0.3 is 0 Å². The average Bonchev–Trinajstić information content (AvgIpc) is 2.68. The molecule has 0 radical (unpaired) electrons. The molecular formula is C20H33N4O3S+. The van der Waals surface area contributed by atoms with Gasteiger partial charge in [0.25, 0.3) is 5.91 Å². The molecule has 2 rings (SSSR count). The molecule has 1 aromatic carbocycles. The van der Waals surface area contributed by atoms with Crippen molar-refractivity contribution in [3.05, 3.63) is 29.8 Å². The molecule has 1 amide bonds. The van der Waals surface area contributed by atoms with Crippen molar-refractivity contribution < 1.29 is 19.2 Å². The third-order valence-electron chi connectivity index (χ3n) is 4.60. The van der Waals surface area contributed by atoms with Crippen molar-refractivity contribution in [3.8, 4) is 5.75 Å². The van der Waals surface area contributed by atoms with Crippen LogP contribution >= 0.6 is 12.2 Å². The molecule has 1 aliphatic rings. The lowest BCUT2D eigenvalue weighted by atomic mass is 9.87. The molecule has 1 fully saturated rings. The summed E-state index contributed by atoms with van der Waals surface area (Å²) in [5.74, 6) is 0.372. The van der Waals surface area contributed by atoms with Crippen LogP contribution in [0.4, 0.5) is 0 Å². The van der Waals surface area contributed by atoms with Gasteiger partial charge < -0.3 is 19.7 Å². The average molecular weight is 410 g/mol. The van der Waals surface area contributed by atoms with Crippen LogP contribution in [0.15, 0.2) is 24.3 Å². The van der Waals surface area contributed by atoms with E-state index in [9.17, 15) is 4.79 Å². The lowest BCUT2D eigenvalue weighted by molar-refractivity contribution is -0.908. The maximum Gasteiger partial charge on any atom is 0.276 e. The predicted octanol–water partition coefficient (Wildman–Crippen LogP) is 0.163. The fourth-order valence-corrected chi connectivity index (χ4v) is 3.01. The first kappa shape index (κ1) is 22.4. The predicted molar refractivity (Wildman–Crippen MR) is 114 cm³/mol. The molecular weight excluding hydrogens is 376 g/mol. The zero-order valence-electron chi connectivity index (χ0n) is 17.1. The monoisotopic (exact) mass is 409 g/mol. The quantitative estimate of drug-likeness (QED) is 0.292. The normalized spacial score (nSPS) is 15.0. The zero-order valence-corrected chi connectivity index (χ0v) is 17.9. The Morgan fingerprint density at radius 1 is 1.18 bits per heavy atom. The highest BCUT2D eigenvalue weighted by atomic mass is 32.1. The lowest BCUT2D eigenvalue weighted by Gasteiger charge is -2.23. The van der Waals surface area contributed by atoms with E-state index in [1.807, 2.05) is 24.3 Å². The summed E-state index contributed by atoms with van der Waals surface area (Å²) in [6.45, 7) is 12.1. The molecule has 0 bridgehead atoms. The van der Waals surface area contributed by atoms with E-state index >= 15 is 0 Å². The van der Waals surface area contributed by atoms with Crippen molar-refractivity contribution in [3.63, 3.8) is 0 Å². The number of carbonyl (C=O) groups is 1. The van der Waals surface area contributed by atoms with E-state index in [4.69, 9.17) is 21.7 Å². The standard InChI is InChI=1S/C20H32N4O3S/c1-20(2,3)16-5-7-17(8-6-16)27-15-18(25)22-23-19(28)21-9-4-10-24-11-13-26-14-12-24/h5-8H,4,9-15H2,1-3H3,(H,22,25)(H2,21,23,28)/p+1. The van der Waals surface area contributed by atoms with Crippen LogP contribution in [-0.2, 0) is 14.9 Å². The third kappa shape index (κ3) is 8.41. The highest BCUT2D eigenvalue weighted by Crippen LogP contribution is 2.24. The molecule has 0 aliphatic carbocycles. The summed E-state index contributed by atoms with van der Waals surface area (Å²) in [4.78, 5) is 13.4. The first-order valence-corrected chi connectivity index (χ1v) is 10.2. The molecule has 0 saturated carbocycles. The summed E-state index contributed by atoms with van der Waals surface area (Å²) in [6, 6.07) is 7.79. The van der Waals surface area contributed by atoms with E-state index in [-0.39, 0.29) is 17.9 Å². The zero-order chi connectivity index (χ0) is 20.4. The minimum absolute atomic E-state index is 0.0785. The Morgan fingerprint density at radius 3 is 2.50 bits per heavy atom. The van der Waals surface area contributed by atoms with Gasteiger partial charge in [-0.2, -0.15) is 0 Å². The number of benzene rings is 1. The summed E-state index contributed by atoms with van der Waals surface area (Å²) in [6.07, 6.45) is 1.01. The van der Waals surface area contributed by atoms with Gasteiger partial charge in [0.2, 0.25) is 0 Å². The van der Waals surface area contributed by atoms with Crippen molar-refractivity contribution in [1.29, 1.82) is 0 Å². The largest absolute Gasteiger partial charge is 0.484 e. The summed E-state index contributed by atoms with van der Waals surface area (Å²) in [5.41, 5.74) is 6.55. The van der Waals surface area contributed by atoms with Gasteiger partial charge in [-0.05, 0) is 35.3 Å². The fraction of sp³-hybridized carbons (Fsp3) is 0.600. The number of hydrazine groups is 1. The van der Waals surface area contributed by atoms with Crippen molar-refractivity contribution in [2.75, 3.05) is 46.0 Å². The Morgan fingerprint density at radius 2 is 1.86 bits per heavy atom. The molecule has 1 aliphatic heterocycles. The maximum atomic E-state index is 11.9. The summed E-state index contributed by atoms with van der Waals surface area (Å²) in [5, 5.41) is 3.49. The number of hydrogen-bond acceptors (Lipinski definition) is 4. The molecule has 0 atom stereocenters. The van der Waals surface area contributed by atoms with Crippen LogP contribution in [0.3, 0.4) is 0 Å². The molecule has 1 saturated heterocycles. The summed E-state index contributed by atoms with van der Waals surface area (Å²) in [7, 11) is 0. The van der Waals surface area contributed by atoms with E-state index in [0.717, 1.165) is 45.8 Å². The molecule has 1 heterocycles. The first-order valence-electron chi connectivity index (χ1n) is 9.82. The van der Waals surface area contributed by atoms with Gasteiger partial charge in [-0.3, -0.25) is 15.6 Å². The molecule has 1 aromatic rings. The number of quaternary nitrogens is 1. The Kier molecular flexibility index (Phi) is 8.95. The van der Waals surface area contributed by atoms with Crippen LogP contribution in [0.5, 0.6) is 5.75 Å². The van der Waals surface area contributed by atoms with Gasteiger partial charge in [0.1, 0.15) is 18.8 Å². The van der Waals surface area contributed by atoms with Crippen molar-refractivity contribution in [2.24, 2.45) is 0 Å². The van der Waals surface area contributed by atoms with E-state index in [0.29, 0.717) is 10.9 Å². The number of hydrogen-bond donors (Lipinski definition) is 4. The third-order valence-corrected chi connectivity index (χ3v) is 4.84. The summed E-state index contributed by atoms with van der Waals surface area (Å²) >= 11 is 5.16. The smallest absolute Gasteiger partial charge is 0.276 e.